The van der Waals surface area contributed by atoms with Crippen molar-refractivity contribution in [1.29, 1.82) is 0 Å². The molecule has 2 heterocycles. The normalized spacial score (nSPS) is 10.1. The van der Waals surface area contributed by atoms with Gasteiger partial charge >= 0.3 is 0 Å². The molecule has 3 N–H and O–H groups in total. The first kappa shape index (κ1) is 11.8. The summed E-state index contributed by atoms with van der Waals surface area (Å²) in [6.07, 6.45) is 1.56. The van der Waals surface area contributed by atoms with Crippen LogP contribution in [0.3, 0.4) is 0 Å². The summed E-state index contributed by atoms with van der Waals surface area (Å²) in [7, 11) is 1.38. The Morgan fingerprint density at radius 2 is 2.22 bits per heavy atom. The molecule has 0 bridgehead atoms. The van der Waals surface area contributed by atoms with Crippen LogP contribution in [0.25, 0.3) is 11.4 Å². The zero-order chi connectivity index (χ0) is 13.1. The summed E-state index contributed by atoms with van der Waals surface area (Å²) < 4.78 is 4.97. The van der Waals surface area contributed by atoms with E-state index in [-0.39, 0.29) is 22.9 Å². The predicted octanol–water partition coefficient (Wildman–Crippen LogP) is 0.957. The predicted molar refractivity (Wildman–Crippen MR) is 64.2 cm³/mol. The first-order valence-electron chi connectivity index (χ1n) is 5.12. The number of methoxy groups -OCH3 is 1. The second kappa shape index (κ2) is 4.70. The fourth-order valence-electron chi connectivity index (χ4n) is 1.48. The van der Waals surface area contributed by atoms with Gasteiger partial charge in [0.25, 0.3) is 5.91 Å². The maximum Gasteiger partial charge on any atom is 0.267 e. The van der Waals surface area contributed by atoms with Crippen LogP contribution in [0.15, 0.2) is 30.5 Å². The number of nitrogens with zero attached hydrogens (tertiary/aromatic N) is 2. The SMILES string of the molecule is COc1cc(C(N)=O)nc(-c2ccccn2)c1O. The Morgan fingerprint density at radius 3 is 2.78 bits per heavy atom. The molecule has 0 fully saturated rings. The molecule has 2 aromatic heterocycles. The molecule has 6 nitrogen and oxygen atoms in total. The lowest BCUT2D eigenvalue weighted by atomic mass is 10.2. The minimum Gasteiger partial charge on any atom is -0.503 e. The average molecular weight is 245 g/mol. The van der Waals surface area contributed by atoms with Gasteiger partial charge in [-0.05, 0) is 12.1 Å². The van der Waals surface area contributed by atoms with Crippen molar-refractivity contribution in [3.8, 4) is 22.9 Å². The number of rotatable bonds is 3. The fourth-order valence-corrected chi connectivity index (χ4v) is 1.48. The molecule has 0 atom stereocenters. The van der Waals surface area contributed by atoms with Gasteiger partial charge in [-0.15, -0.1) is 0 Å². The van der Waals surface area contributed by atoms with Gasteiger partial charge < -0.3 is 15.6 Å². The number of aromatic hydroxyl groups is 1. The molecule has 1 amide bonds. The van der Waals surface area contributed by atoms with Gasteiger partial charge in [0.1, 0.15) is 11.4 Å². The largest absolute Gasteiger partial charge is 0.503 e. The maximum atomic E-state index is 11.2. The minimum absolute atomic E-state index is 0.00491. The highest BCUT2D eigenvalue weighted by atomic mass is 16.5. The van der Waals surface area contributed by atoms with E-state index in [1.807, 2.05) is 0 Å². The highest BCUT2D eigenvalue weighted by Crippen LogP contribution is 2.34. The highest BCUT2D eigenvalue weighted by Gasteiger charge is 2.17. The van der Waals surface area contributed by atoms with Gasteiger partial charge in [0.2, 0.25) is 0 Å². The van der Waals surface area contributed by atoms with E-state index >= 15 is 0 Å². The summed E-state index contributed by atoms with van der Waals surface area (Å²) >= 11 is 0. The lowest BCUT2D eigenvalue weighted by Crippen LogP contribution is -2.13. The number of ether oxygens (including phenoxy) is 1. The van der Waals surface area contributed by atoms with Crippen LogP contribution in [-0.2, 0) is 0 Å². The molecule has 0 aliphatic carbocycles. The molecule has 2 aromatic rings. The Hall–Kier alpha value is -2.63. The summed E-state index contributed by atoms with van der Waals surface area (Å²) in [5, 5.41) is 9.97. The van der Waals surface area contributed by atoms with Crippen molar-refractivity contribution in [3.05, 3.63) is 36.2 Å². The van der Waals surface area contributed by atoms with Gasteiger partial charge in [0, 0.05) is 12.3 Å². The van der Waals surface area contributed by atoms with Crippen LogP contribution >= 0.6 is 0 Å². The molecule has 92 valence electrons. The Balaban J connectivity index is 2.66. The topological polar surface area (TPSA) is 98.3 Å². The van der Waals surface area contributed by atoms with Gasteiger partial charge in [-0.25, -0.2) is 4.98 Å². The van der Waals surface area contributed by atoms with Gasteiger partial charge in [-0.3, -0.25) is 9.78 Å². The third-order valence-electron chi connectivity index (χ3n) is 2.34. The van der Waals surface area contributed by atoms with Crippen LogP contribution in [-0.4, -0.2) is 28.1 Å². The molecule has 18 heavy (non-hydrogen) atoms. The molecule has 2 rings (SSSR count). The van der Waals surface area contributed by atoms with E-state index in [0.717, 1.165) is 0 Å². The van der Waals surface area contributed by atoms with Crippen molar-refractivity contribution in [3.63, 3.8) is 0 Å². The molecule has 0 radical (unpaired) electrons. The Morgan fingerprint density at radius 1 is 1.44 bits per heavy atom. The number of primary amides is 1. The van der Waals surface area contributed by atoms with E-state index in [9.17, 15) is 9.90 Å². The molecule has 0 spiro atoms. The number of nitrogens with two attached hydrogens (primary N) is 1. The van der Waals surface area contributed by atoms with Crippen molar-refractivity contribution in [2.75, 3.05) is 7.11 Å². The van der Waals surface area contributed by atoms with E-state index in [1.54, 1.807) is 24.4 Å². The van der Waals surface area contributed by atoms with Crippen LogP contribution in [0.1, 0.15) is 10.5 Å². The monoisotopic (exact) mass is 245 g/mol. The van der Waals surface area contributed by atoms with E-state index < -0.39 is 5.91 Å². The van der Waals surface area contributed by atoms with Crippen LogP contribution < -0.4 is 10.5 Å². The third kappa shape index (κ3) is 2.08. The van der Waals surface area contributed by atoms with E-state index in [2.05, 4.69) is 9.97 Å². The summed E-state index contributed by atoms with van der Waals surface area (Å²) in [6.45, 7) is 0. The summed E-state index contributed by atoms with van der Waals surface area (Å²) in [6, 6.07) is 6.42. The molecular formula is C12H11N3O3. The number of hydrogen-bond acceptors (Lipinski definition) is 5. The van der Waals surface area contributed by atoms with Gasteiger partial charge in [0.05, 0.1) is 12.8 Å². The Kier molecular flexibility index (Phi) is 3.09. The lowest BCUT2D eigenvalue weighted by Gasteiger charge is -2.09. The van der Waals surface area contributed by atoms with E-state index in [4.69, 9.17) is 10.5 Å². The van der Waals surface area contributed by atoms with Gasteiger partial charge in [-0.2, -0.15) is 0 Å². The number of aromatic nitrogens is 2. The van der Waals surface area contributed by atoms with Crippen molar-refractivity contribution < 1.29 is 14.6 Å². The molecule has 0 unspecified atom stereocenters. The molecule has 0 aliphatic heterocycles. The van der Waals surface area contributed by atoms with Crippen LogP contribution in [0.2, 0.25) is 0 Å². The zero-order valence-corrected chi connectivity index (χ0v) is 9.62. The zero-order valence-electron chi connectivity index (χ0n) is 9.62. The highest BCUT2D eigenvalue weighted by molar-refractivity contribution is 5.92. The Bertz CT molecular complexity index is 585. The lowest BCUT2D eigenvalue weighted by molar-refractivity contribution is 0.0995. The number of pyridine rings is 2. The summed E-state index contributed by atoms with van der Waals surface area (Å²) in [5.74, 6) is -0.758. The third-order valence-corrected chi connectivity index (χ3v) is 2.34. The van der Waals surface area contributed by atoms with Gasteiger partial charge in [0.15, 0.2) is 11.5 Å². The van der Waals surface area contributed by atoms with Crippen molar-refractivity contribution in [2.45, 2.75) is 0 Å². The summed E-state index contributed by atoms with van der Waals surface area (Å²) in [4.78, 5) is 19.2. The number of carbonyl (C=O) groups excluding carboxylic acids is 1. The number of amides is 1. The molecule has 6 heteroatoms. The molecule has 0 aromatic carbocycles. The van der Waals surface area contributed by atoms with Crippen molar-refractivity contribution in [2.24, 2.45) is 5.73 Å². The quantitative estimate of drug-likeness (QED) is 0.839. The fraction of sp³-hybridized carbons (Fsp3) is 0.0833. The Labute approximate surface area is 103 Å². The second-order valence-electron chi connectivity index (χ2n) is 3.49. The molecule has 0 saturated heterocycles. The molecule has 0 aliphatic rings. The first-order chi connectivity index (χ1) is 8.63. The van der Waals surface area contributed by atoms with Crippen LogP contribution in [0, 0.1) is 0 Å². The van der Waals surface area contributed by atoms with Gasteiger partial charge in [-0.1, -0.05) is 6.07 Å². The van der Waals surface area contributed by atoms with Crippen LogP contribution in [0.4, 0.5) is 0 Å². The van der Waals surface area contributed by atoms with Crippen molar-refractivity contribution in [1.82, 2.24) is 9.97 Å². The number of carbonyl (C=O) groups is 1. The van der Waals surface area contributed by atoms with Crippen LogP contribution in [0.5, 0.6) is 11.5 Å². The molecular weight excluding hydrogens is 234 g/mol. The minimum atomic E-state index is -0.703. The van der Waals surface area contributed by atoms with E-state index in [1.165, 1.54) is 13.2 Å². The maximum absolute atomic E-state index is 11.2. The molecule has 0 saturated carbocycles. The second-order valence-corrected chi connectivity index (χ2v) is 3.49. The average Bonchev–Trinajstić information content (AvgIpc) is 2.39. The standard InChI is InChI=1S/C12H11N3O3/c1-18-9-6-8(12(13)17)15-10(11(9)16)7-4-2-3-5-14-7/h2-6,16H,1H3,(H2,13,17). The van der Waals surface area contributed by atoms with E-state index in [0.29, 0.717) is 5.69 Å². The number of hydrogen-bond donors (Lipinski definition) is 2. The van der Waals surface area contributed by atoms with Crippen molar-refractivity contribution >= 4 is 5.91 Å². The summed E-state index contributed by atoms with van der Waals surface area (Å²) in [5.41, 5.74) is 5.76. The smallest absolute Gasteiger partial charge is 0.267 e. The first-order valence-corrected chi connectivity index (χ1v) is 5.12.